The molecule has 1 N–H and O–H groups in total. The van der Waals surface area contributed by atoms with Crippen LogP contribution >= 0.6 is 0 Å². The van der Waals surface area contributed by atoms with Crippen LogP contribution in [0.3, 0.4) is 0 Å². The summed E-state index contributed by atoms with van der Waals surface area (Å²) in [4.78, 5) is 20.1. The van der Waals surface area contributed by atoms with Gasteiger partial charge < -0.3 is 9.84 Å². The van der Waals surface area contributed by atoms with Gasteiger partial charge in [0.05, 0.1) is 16.9 Å². The van der Waals surface area contributed by atoms with E-state index in [0.717, 1.165) is 18.2 Å². The number of hydrogen-bond acceptors (Lipinski definition) is 4. The Morgan fingerprint density at radius 1 is 1.65 bits per heavy atom. The van der Waals surface area contributed by atoms with Crippen molar-refractivity contribution in [2.24, 2.45) is 5.92 Å². The van der Waals surface area contributed by atoms with Crippen LogP contribution in [0.15, 0.2) is 18.2 Å². The monoisotopic (exact) mass is 243 g/mol. The summed E-state index contributed by atoms with van der Waals surface area (Å²) >= 11 is 0. The standard InChI is InChI=1S/C10H10FNO5/c1-6(10(13)14)5-17-9-3-2-7(12(15)16)4-8(9)11/h2-4,6H,5H2,1H3,(H,13,14). The Bertz CT molecular complexity index is 448. The van der Waals surface area contributed by atoms with Gasteiger partial charge >= 0.3 is 5.97 Å². The highest BCUT2D eigenvalue weighted by Crippen LogP contribution is 2.22. The predicted octanol–water partition coefficient (Wildman–Crippen LogP) is 1.83. The summed E-state index contributed by atoms with van der Waals surface area (Å²) in [6.07, 6.45) is 0. The Morgan fingerprint density at radius 2 is 2.29 bits per heavy atom. The molecule has 0 saturated carbocycles. The number of ether oxygens (including phenoxy) is 1. The number of aliphatic carboxylic acids is 1. The van der Waals surface area contributed by atoms with Gasteiger partial charge in [-0.2, -0.15) is 0 Å². The molecule has 0 aromatic heterocycles. The van der Waals surface area contributed by atoms with Crippen molar-refractivity contribution in [2.45, 2.75) is 6.92 Å². The lowest BCUT2D eigenvalue weighted by molar-refractivity contribution is -0.385. The fourth-order valence-corrected chi connectivity index (χ4v) is 1.01. The average Bonchev–Trinajstić information content (AvgIpc) is 2.26. The molecular formula is C10H10FNO5. The molecule has 6 nitrogen and oxygen atoms in total. The SMILES string of the molecule is CC(COc1ccc([N+](=O)[O-])cc1F)C(=O)O. The summed E-state index contributed by atoms with van der Waals surface area (Å²) in [6, 6.07) is 2.91. The second kappa shape index (κ2) is 5.24. The van der Waals surface area contributed by atoms with Crippen molar-refractivity contribution in [3.8, 4) is 5.75 Å². The summed E-state index contributed by atoms with van der Waals surface area (Å²) < 4.78 is 18.2. The van der Waals surface area contributed by atoms with Crippen LogP contribution in [-0.2, 0) is 4.79 Å². The molecule has 0 spiro atoms. The molecule has 1 atom stereocenters. The summed E-state index contributed by atoms with van der Waals surface area (Å²) in [5.74, 6) is -2.95. The van der Waals surface area contributed by atoms with E-state index in [0.29, 0.717) is 0 Å². The molecular weight excluding hydrogens is 233 g/mol. The highest BCUT2D eigenvalue weighted by molar-refractivity contribution is 5.69. The minimum absolute atomic E-state index is 0.204. The molecule has 1 rings (SSSR count). The van der Waals surface area contributed by atoms with Gasteiger partial charge in [-0.05, 0) is 13.0 Å². The molecule has 0 aliphatic heterocycles. The van der Waals surface area contributed by atoms with Gasteiger partial charge in [-0.25, -0.2) is 4.39 Å². The van der Waals surface area contributed by atoms with Crippen molar-refractivity contribution < 1.29 is 24.0 Å². The van der Waals surface area contributed by atoms with Crippen LogP contribution in [0.5, 0.6) is 5.75 Å². The fourth-order valence-electron chi connectivity index (χ4n) is 1.01. The van der Waals surface area contributed by atoms with Crippen LogP contribution in [0.2, 0.25) is 0 Å². The van der Waals surface area contributed by atoms with Crippen molar-refractivity contribution in [2.75, 3.05) is 6.61 Å². The minimum atomic E-state index is -1.06. The molecule has 1 unspecified atom stereocenters. The average molecular weight is 243 g/mol. The summed E-state index contributed by atoms with van der Waals surface area (Å²) in [7, 11) is 0. The van der Waals surface area contributed by atoms with Gasteiger partial charge in [0.2, 0.25) is 0 Å². The first-order valence-electron chi connectivity index (χ1n) is 4.71. The van der Waals surface area contributed by atoms with Crippen LogP contribution in [0, 0.1) is 21.8 Å². The lowest BCUT2D eigenvalue weighted by Crippen LogP contribution is -2.18. The molecule has 1 aromatic rings. The van der Waals surface area contributed by atoms with Crippen LogP contribution in [0.4, 0.5) is 10.1 Å². The first-order chi connectivity index (χ1) is 7.91. The van der Waals surface area contributed by atoms with Crippen LogP contribution in [0.1, 0.15) is 6.92 Å². The molecule has 0 radical (unpaired) electrons. The molecule has 17 heavy (non-hydrogen) atoms. The summed E-state index contributed by atoms with van der Waals surface area (Å²) in [5.41, 5.74) is -0.388. The molecule has 1 aromatic carbocycles. The third-order valence-electron chi connectivity index (χ3n) is 2.04. The molecule has 0 saturated heterocycles. The van der Waals surface area contributed by atoms with E-state index in [1.54, 1.807) is 0 Å². The lowest BCUT2D eigenvalue weighted by Gasteiger charge is -2.09. The second-order valence-electron chi connectivity index (χ2n) is 3.42. The van der Waals surface area contributed by atoms with Crippen molar-refractivity contribution in [1.29, 1.82) is 0 Å². The van der Waals surface area contributed by atoms with Crippen molar-refractivity contribution in [3.05, 3.63) is 34.1 Å². The Balaban J connectivity index is 2.73. The maximum atomic E-state index is 13.3. The highest BCUT2D eigenvalue weighted by Gasteiger charge is 2.15. The number of halogens is 1. The van der Waals surface area contributed by atoms with E-state index in [9.17, 15) is 19.3 Å². The molecule has 0 aliphatic rings. The third-order valence-corrected chi connectivity index (χ3v) is 2.04. The predicted molar refractivity (Wildman–Crippen MR) is 55.3 cm³/mol. The Morgan fingerprint density at radius 3 is 2.76 bits per heavy atom. The number of carboxylic acids is 1. The number of carbonyl (C=O) groups is 1. The van der Waals surface area contributed by atoms with E-state index in [2.05, 4.69) is 0 Å². The zero-order valence-electron chi connectivity index (χ0n) is 8.92. The first-order valence-corrected chi connectivity index (χ1v) is 4.71. The largest absolute Gasteiger partial charge is 0.490 e. The number of non-ortho nitro benzene ring substituents is 1. The molecule has 0 aliphatic carbocycles. The zero-order valence-corrected chi connectivity index (χ0v) is 8.92. The number of rotatable bonds is 5. The molecule has 0 heterocycles. The maximum absolute atomic E-state index is 13.3. The second-order valence-corrected chi connectivity index (χ2v) is 3.42. The fraction of sp³-hybridized carbons (Fsp3) is 0.300. The van der Waals surface area contributed by atoms with Gasteiger partial charge in [-0.15, -0.1) is 0 Å². The minimum Gasteiger partial charge on any atom is -0.490 e. The van der Waals surface area contributed by atoms with E-state index in [1.807, 2.05) is 0 Å². The Labute approximate surface area is 95.8 Å². The molecule has 7 heteroatoms. The zero-order chi connectivity index (χ0) is 13.0. The highest BCUT2D eigenvalue weighted by atomic mass is 19.1. The van der Waals surface area contributed by atoms with Crippen LogP contribution in [0.25, 0.3) is 0 Å². The van der Waals surface area contributed by atoms with E-state index < -0.39 is 22.6 Å². The van der Waals surface area contributed by atoms with E-state index >= 15 is 0 Å². The number of nitro groups is 1. The molecule has 92 valence electrons. The number of benzene rings is 1. The van der Waals surface area contributed by atoms with Crippen molar-refractivity contribution >= 4 is 11.7 Å². The van der Waals surface area contributed by atoms with E-state index in [1.165, 1.54) is 6.92 Å². The van der Waals surface area contributed by atoms with Gasteiger partial charge in [-0.1, -0.05) is 0 Å². The van der Waals surface area contributed by atoms with Crippen molar-refractivity contribution in [1.82, 2.24) is 0 Å². The van der Waals surface area contributed by atoms with Crippen molar-refractivity contribution in [3.63, 3.8) is 0 Å². The Kier molecular flexibility index (Phi) is 3.97. The van der Waals surface area contributed by atoms with E-state index in [-0.39, 0.29) is 18.0 Å². The van der Waals surface area contributed by atoms with Crippen LogP contribution in [-0.4, -0.2) is 22.6 Å². The van der Waals surface area contributed by atoms with Gasteiger partial charge in [0.25, 0.3) is 5.69 Å². The molecule has 0 amide bonds. The maximum Gasteiger partial charge on any atom is 0.309 e. The number of nitrogens with zero attached hydrogens (tertiary/aromatic N) is 1. The topological polar surface area (TPSA) is 89.7 Å². The van der Waals surface area contributed by atoms with E-state index in [4.69, 9.17) is 9.84 Å². The summed E-state index contributed by atoms with van der Waals surface area (Å²) in [5, 5.41) is 18.9. The number of hydrogen-bond donors (Lipinski definition) is 1. The quantitative estimate of drug-likeness (QED) is 0.629. The molecule has 0 fully saturated rings. The van der Waals surface area contributed by atoms with Gasteiger partial charge in [0.15, 0.2) is 11.6 Å². The Hall–Kier alpha value is -2.18. The molecule has 0 bridgehead atoms. The first kappa shape index (κ1) is 12.9. The van der Waals surface area contributed by atoms with Gasteiger partial charge in [-0.3, -0.25) is 14.9 Å². The normalized spacial score (nSPS) is 11.9. The van der Waals surface area contributed by atoms with Crippen LogP contribution < -0.4 is 4.74 Å². The third kappa shape index (κ3) is 3.40. The lowest BCUT2D eigenvalue weighted by atomic mass is 10.2. The van der Waals surface area contributed by atoms with Gasteiger partial charge in [0.1, 0.15) is 6.61 Å². The summed E-state index contributed by atoms with van der Waals surface area (Å²) in [6.45, 7) is 1.20. The number of carboxylic acid groups (broad SMARTS) is 1. The number of nitro benzene ring substituents is 1. The smallest absolute Gasteiger partial charge is 0.309 e. The van der Waals surface area contributed by atoms with Gasteiger partial charge in [0, 0.05) is 6.07 Å².